The van der Waals surface area contributed by atoms with Gasteiger partial charge in [-0.25, -0.2) is 5.43 Å². The number of halogens is 3. The van der Waals surface area contributed by atoms with Gasteiger partial charge in [-0.2, -0.15) is 13.2 Å². The third-order valence-corrected chi connectivity index (χ3v) is 2.97. The van der Waals surface area contributed by atoms with E-state index in [-0.39, 0.29) is 6.54 Å². The van der Waals surface area contributed by atoms with E-state index in [0.717, 1.165) is 17.8 Å². The van der Waals surface area contributed by atoms with Crippen LogP contribution in [0.4, 0.5) is 18.9 Å². The van der Waals surface area contributed by atoms with Crippen molar-refractivity contribution in [3.05, 3.63) is 59.7 Å². The van der Waals surface area contributed by atoms with Gasteiger partial charge in [-0.3, -0.25) is 0 Å². The Morgan fingerprint density at radius 2 is 1.77 bits per heavy atom. The third kappa shape index (κ3) is 4.39. The second-order valence-electron chi connectivity index (χ2n) is 4.60. The maximum atomic E-state index is 12.8. The Morgan fingerprint density at radius 1 is 1.05 bits per heavy atom. The zero-order valence-electron chi connectivity index (χ0n) is 12.1. The summed E-state index contributed by atoms with van der Waals surface area (Å²) in [6, 6.07) is 12.8. The highest BCUT2D eigenvalue weighted by Gasteiger charge is 2.31. The molecule has 0 amide bonds. The van der Waals surface area contributed by atoms with Crippen LogP contribution in [-0.2, 0) is 12.7 Å². The summed E-state index contributed by atoms with van der Waals surface area (Å²) in [5.74, 6) is 0.442. The van der Waals surface area contributed by atoms with Crippen LogP contribution in [0.15, 0.2) is 48.5 Å². The van der Waals surface area contributed by atoms with Gasteiger partial charge in [-0.05, 0) is 37.3 Å². The lowest BCUT2D eigenvalue weighted by Gasteiger charge is -2.15. The Kier molecular flexibility index (Phi) is 5.27. The molecule has 22 heavy (non-hydrogen) atoms. The number of nitrogens with one attached hydrogen (secondary N) is 2. The van der Waals surface area contributed by atoms with Crippen LogP contribution in [0.2, 0.25) is 0 Å². The maximum Gasteiger partial charge on any atom is 0.416 e. The molecule has 0 saturated carbocycles. The number of hydrogen-bond donors (Lipinski definition) is 2. The summed E-state index contributed by atoms with van der Waals surface area (Å²) in [4.78, 5) is 0. The van der Waals surface area contributed by atoms with Crippen molar-refractivity contribution in [2.75, 3.05) is 12.0 Å². The van der Waals surface area contributed by atoms with Crippen LogP contribution in [0.1, 0.15) is 18.1 Å². The van der Waals surface area contributed by atoms with E-state index in [0.29, 0.717) is 17.9 Å². The molecule has 0 aliphatic heterocycles. The summed E-state index contributed by atoms with van der Waals surface area (Å²) in [7, 11) is 0. The highest BCUT2D eigenvalue weighted by atomic mass is 19.4. The molecule has 0 radical (unpaired) electrons. The average molecular weight is 310 g/mol. The summed E-state index contributed by atoms with van der Waals surface area (Å²) in [6.45, 7) is 2.38. The lowest BCUT2D eigenvalue weighted by atomic mass is 10.1. The molecule has 0 unspecified atom stereocenters. The predicted molar refractivity (Wildman–Crippen MR) is 79.5 cm³/mol. The fraction of sp³-hybridized carbons (Fsp3) is 0.250. The van der Waals surface area contributed by atoms with Gasteiger partial charge in [0.05, 0.1) is 12.2 Å². The monoisotopic (exact) mass is 310 g/mol. The van der Waals surface area contributed by atoms with Crippen LogP contribution in [0, 0.1) is 0 Å². The van der Waals surface area contributed by atoms with E-state index in [1.54, 1.807) is 6.92 Å². The number of rotatable bonds is 6. The Balaban J connectivity index is 2.09. The average Bonchev–Trinajstić information content (AvgIpc) is 2.49. The van der Waals surface area contributed by atoms with Gasteiger partial charge < -0.3 is 10.2 Å². The highest BCUT2D eigenvalue weighted by molar-refractivity contribution is 5.42. The van der Waals surface area contributed by atoms with Crippen LogP contribution in [0.3, 0.4) is 0 Å². The molecule has 0 aliphatic carbocycles. The number of hydrazine groups is 1. The molecule has 0 aliphatic rings. The molecule has 2 N–H and O–H groups in total. The van der Waals surface area contributed by atoms with Gasteiger partial charge in [0.2, 0.25) is 0 Å². The predicted octanol–water partition coefficient (Wildman–Crippen LogP) is 4.22. The standard InChI is InChI=1S/C16H17F3N2O/c1-2-22-15-9-8-13(16(17,18)19)10-12(15)11-20-21-14-6-4-3-5-7-14/h3-10,20-21H,2,11H2,1H3. The second kappa shape index (κ2) is 7.17. The first-order valence-corrected chi connectivity index (χ1v) is 6.87. The Morgan fingerprint density at radius 3 is 2.41 bits per heavy atom. The van der Waals surface area contributed by atoms with Gasteiger partial charge in [0.25, 0.3) is 0 Å². The van der Waals surface area contributed by atoms with Crippen LogP contribution in [0.25, 0.3) is 0 Å². The fourth-order valence-corrected chi connectivity index (χ4v) is 1.95. The molecule has 6 heteroatoms. The first-order valence-electron chi connectivity index (χ1n) is 6.87. The van der Waals surface area contributed by atoms with Gasteiger partial charge in [-0.15, -0.1) is 0 Å². The first-order chi connectivity index (χ1) is 10.5. The molecule has 0 atom stereocenters. The Labute approximate surface area is 127 Å². The number of anilines is 1. The van der Waals surface area contributed by atoms with E-state index >= 15 is 0 Å². The summed E-state index contributed by atoms with van der Waals surface area (Å²) in [5, 5.41) is 0. The van der Waals surface area contributed by atoms with Crippen LogP contribution < -0.4 is 15.6 Å². The molecule has 3 nitrogen and oxygen atoms in total. The van der Waals surface area contributed by atoms with Gasteiger partial charge >= 0.3 is 6.18 Å². The maximum absolute atomic E-state index is 12.8. The second-order valence-corrected chi connectivity index (χ2v) is 4.60. The summed E-state index contributed by atoms with van der Waals surface area (Å²) < 4.78 is 43.8. The molecular formula is C16H17F3N2O. The Hall–Kier alpha value is -2.21. The number of hydrogen-bond acceptors (Lipinski definition) is 3. The van der Waals surface area contributed by atoms with Crippen molar-refractivity contribution in [2.24, 2.45) is 0 Å². The van der Waals surface area contributed by atoms with Gasteiger partial charge in [-0.1, -0.05) is 18.2 Å². The third-order valence-electron chi connectivity index (χ3n) is 2.97. The molecule has 0 saturated heterocycles. The quantitative estimate of drug-likeness (QED) is 0.784. The van der Waals surface area contributed by atoms with Crippen molar-refractivity contribution in [1.29, 1.82) is 0 Å². The van der Waals surface area contributed by atoms with E-state index in [4.69, 9.17) is 4.74 Å². The van der Waals surface area contributed by atoms with Crippen molar-refractivity contribution in [3.8, 4) is 5.75 Å². The van der Waals surface area contributed by atoms with E-state index in [1.807, 2.05) is 30.3 Å². The molecule has 0 bridgehead atoms. The number of para-hydroxylation sites is 1. The summed E-state index contributed by atoms with van der Waals surface area (Å²) in [6.07, 6.45) is -4.37. The molecule has 0 heterocycles. The van der Waals surface area contributed by atoms with Gasteiger partial charge in [0, 0.05) is 17.8 Å². The van der Waals surface area contributed by atoms with Crippen LogP contribution >= 0.6 is 0 Å². The van der Waals surface area contributed by atoms with Crippen LogP contribution in [-0.4, -0.2) is 6.61 Å². The zero-order valence-corrected chi connectivity index (χ0v) is 12.1. The Bertz CT molecular complexity index is 600. The minimum absolute atomic E-state index is 0.203. The lowest BCUT2D eigenvalue weighted by molar-refractivity contribution is -0.137. The van der Waals surface area contributed by atoms with E-state index in [2.05, 4.69) is 10.9 Å². The number of alkyl halides is 3. The fourth-order valence-electron chi connectivity index (χ4n) is 1.95. The highest BCUT2D eigenvalue weighted by Crippen LogP contribution is 2.32. The molecule has 2 aromatic carbocycles. The van der Waals surface area contributed by atoms with Gasteiger partial charge in [0.1, 0.15) is 5.75 Å². The van der Waals surface area contributed by atoms with Crippen molar-refractivity contribution < 1.29 is 17.9 Å². The summed E-state index contributed by atoms with van der Waals surface area (Å²) >= 11 is 0. The zero-order chi connectivity index (χ0) is 16.0. The van der Waals surface area contributed by atoms with Crippen molar-refractivity contribution in [1.82, 2.24) is 5.43 Å². The van der Waals surface area contributed by atoms with E-state index < -0.39 is 11.7 Å². The first kappa shape index (κ1) is 16.2. The number of benzene rings is 2. The van der Waals surface area contributed by atoms with Crippen molar-refractivity contribution >= 4 is 5.69 Å². The molecule has 118 valence electrons. The molecular weight excluding hydrogens is 293 g/mol. The largest absolute Gasteiger partial charge is 0.494 e. The SMILES string of the molecule is CCOc1ccc(C(F)(F)F)cc1CNNc1ccccc1. The smallest absolute Gasteiger partial charge is 0.416 e. The summed E-state index contributed by atoms with van der Waals surface area (Å²) in [5.41, 5.74) is 6.42. The van der Waals surface area contributed by atoms with Gasteiger partial charge in [0.15, 0.2) is 0 Å². The lowest BCUT2D eigenvalue weighted by Crippen LogP contribution is -2.21. The van der Waals surface area contributed by atoms with Crippen LogP contribution in [0.5, 0.6) is 5.75 Å². The molecule has 0 fully saturated rings. The minimum atomic E-state index is -4.37. The topological polar surface area (TPSA) is 33.3 Å². The molecule has 0 aromatic heterocycles. The minimum Gasteiger partial charge on any atom is -0.494 e. The molecule has 2 rings (SSSR count). The van der Waals surface area contributed by atoms with E-state index in [1.165, 1.54) is 6.07 Å². The molecule has 0 spiro atoms. The van der Waals surface area contributed by atoms with Crippen molar-refractivity contribution in [2.45, 2.75) is 19.6 Å². The van der Waals surface area contributed by atoms with E-state index in [9.17, 15) is 13.2 Å². The van der Waals surface area contributed by atoms with Crippen molar-refractivity contribution in [3.63, 3.8) is 0 Å². The molecule has 2 aromatic rings. The number of ether oxygens (including phenoxy) is 1. The normalized spacial score (nSPS) is 11.3.